The lowest BCUT2D eigenvalue weighted by molar-refractivity contribution is -0.456. The Morgan fingerprint density at radius 3 is 2.89 bits per heavy atom. The van der Waals surface area contributed by atoms with Gasteiger partial charge in [0, 0.05) is 10.5 Å². The molecular formula is C12H14N5O2+. The number of aromatic amines is 1. The molecule has 7 nitrogen and oxygen atoms in total. The standard InChI is InChI=1S/C12H13N5O2/c1-6-3-2-4-7-9(6)16-11(19)8(10(7)18)5-15-17-12(13)14/h2-5H,1H3,(H4,13,14,17)(H2,16,18,19)/p+1/b15-5+. The van der Waals surface area contributed by atoms with Crippen molar-refractivity contribution in [2.24, 2.45) is 16.6 Å². The molecule has 0 atom stereocenters. The Balaban J connectivity index is 2.67. The number of benzene rings is 1. The van der Waals surface area contributed by atoms with E-state index in [-0.39, 0.29) is 17.3 Å². The summed E-state index contributed by atoms with van der Waals surface area (Å²) in [5.74, 6) is -0.301. The predicted octanol–water partition coefficient (Wildman–Crippen LogP) is -1.77. The molecule has 1 heterocycles. The van der Waals surface area contributed by atoms with Gasteiger partial charge >= 0.3 is 0 Å². The second kappa shape index (κ2) is 4.81. The van der Waals surface area contributed by atoms with Crippen LogP contribution in [-0.4, -0.2) is 22.3 Å². The van der Waals surface area contributed by atoms with Crippen LogP contribution in [-0.2, 0) is 0 Å². The van der Waals surface area contributed by atoms with Gasteiger partial charge in [-0.3, -0.25) is 4.79 Å². The molecule has 2 rings (SSSR count). The number of hydrazone groups is 1. The molecule has 0 aliphatic carbocycles. The number of pyridine rings is 1. The van der Waals surface area contributed by atoms with E-state index in [4.69, 9.17) is 11.5 Å². The molecule has 1 aromatic carbocycles. The van der Waals surface area contributed by atoms with Crippen LogP contribution in [0.15, 0.2) is 28.1 Å². The average Bonchev–Trinajstić information content (AvgIpc) is 2.34. The zero-order chi connectivity index (χ0) is 14.0. The van der Waals surface area contributed by atoms with Crippen LogP contribution in [0.2, 0.25) is 0 Å². The fourth-order valence-electron chi connectivity index (χ4n) is 1.77. The van der Waals surface area contributed by atoms with E-state index in [2.05, 4.69) is 15.2 Å². The van der Waals surface area contributed by atoms with Gasteiger partial charge in [0.05, 0.1) is 5.52 Å². The molecule has 98 valence electrons. The summed E-state index contributed by atoms with van der Waals surface area (Å²) in [6.45, 7) is 1.85. The van der Waals surface area contributed by atoms with Crippen LogP contribution < -0.4 is 22.1 Å². The number of aromatic nitrogens is 1. The van der Waals surface area contributed by atoms with Gasteiger partial charge in [-0.2, -0.15) is 0 Å². The monoisotopic (exact) mass is 260 g/mol. The first kappa shape index (κ1) is 12.6. The van der Waals surface area contributed by atoms with Crippen molar-refractivity contribution in [3.05, 3.63) is 39.7 Å². The summed E-state index contributed by atoms with van der Waals surface area (Å²) in [7, 11) is 0. The molecule has 2 aromatic rings. The molecule has 0 saturated carbocycles. The minimum atomic E-state index is -0.433. The molecule has 7 N–H and O–H groups in total. The van der Waals surface area contributed by atoms with E-state index in [1.165, 1.54) is 6.21 Å². The smallest absolute Gasteiger partial charge is 0.265 e. The maximum atomic E-state index is 11.9. The highest BCUT2D eigenvalue weighted by atomic mass is 16.3. The summed E-state index contributed by atoms with van der Waals surface area (Å²) < 4.78 is 0. The van der Waals surface area contributed by atoms with Crippen LogP contribution in [0.25, 0.3) is 10.9 Å². The first-order chi connectivity index (χ1) is 9.00. The quantitative estimate of drug-likeness (QED) is 0.248. The van der Waals surface area contributed by atoms with Gasteiger partial charge in [0.1, 0.15) is 11.3 Å². The largest absolute Gasteiger partial charge is 0.506 e. The molecule has 0 amide bonds. The lowest BCUT2D eigenvalue weighted by Crippen LogP contribution is -2.64. The van der Waals surface area contributed by atoms with Crippen LogP contribution in [0.3, 0.4) is 0 Å². The topological polar surface area (TPSA) is 131 Å². The molecule has 19 heavy (non-hydrogen) atoms. The fraction of sp³-hybridized carbons (Fsp3) is 0.0833. The maximum absolute atomic E-state index is 11.9. The summed E-state index contributed by atoms with van der Waals surface area (Å²) in [5.41, 5.74) is 11.4. The zero-order valence-corrected chi connectivity index (χ0v) is 10.3. The average molecular weight is 260 g/mol. The molecule has 0 bridgehead atoms. The zero-order valence-electron chi connectivity index (χ0n) is 10.3. The van der Waals surface area contributed by atoms with Gasteiger partial charge in [-0.15, -0.1) is 5.10 Å². The lowest BCUT2D eigenvalue weighted by Gasteiger charge is -2.04. The number of hydrogen-bond donors (Lipinski definition) is 5. The molecule has 0 aliphatic rings. The van der Waals surface area contributed by atoms with Gasteiger partial charge < -0.3 is 21.6 Å². The van der Waals surface area contributed by atoms with Crippen molar-refractivity contribution in [1.82, 2.24) is 4.98 Å². The SMILES string of the molecule is Cc1cccc2c(O)c(/C=[NH+]/N=C(N)N)c(=O)[nH]c12. The van der Waals surface area contributed by atoms with E-state index in [1.54, 1.807) is 12.1 Å². The van der Waals surface area contributed by atoms with Crippen molar-refractivity contribution in [2.75, 3.05) is 0 Å². The summed E-state index contributed by atoms with van der Waals surface area (Å²) in [4.78, 5) is 14.6. The van der Waals surface area contributed by atoms with Crippen molar-refractivity contribution >= 4 is 23.1 Å². The fourth-order valence-corrected chi connectivity index (χ4v) is 1.77. The highest BCUT2D eigenvalue weighted by molar-refractivity contribution is 5.94. The summed E-state index contributed by atoms with van der Waals surface area (Å²) in [6, 6.07) is 5.35. The first-order valence-electron chi connectivity index (χ1n) is 5.52. The van der Waals surface area contributed by atoms with E-state index in [0.717, 1.165) is 5.56 Å². The van der Waals surface area contributed by atoms with Crippen LogP contribution in [0.1, 0.15) is 11.1 Å². The third kappa shape index (κ3) is 2.39. The van der Waals surface area contributed by atoms with Crippen molar-refractivity contribution in [2.45, 2.75) is 6.92 Å². The third-order valence-electron chi connectivity index (χ3n) is 2.67. The number of nitrogens with two attached hydrogens (primary N) is 2. The number of aromatic hydroxyl groups is 1. The first-order valence-corrected chi connectivity index (χ1v) is 5.52. The van der Waals surface area contributed by atoms with Crippen LogP contribution >= 0.6 is 0 Å². The number of H-pyrrole nitrogens is 1. The van der Waals surface area contributed by atoms with Gasteiger partial charge in [0.15, 0.2) is 0 Å². The van der Waals surface area contributed by atoms with Crippen molar-refractivity contribution in [3.8, 4) is 5.75 Å². The second-order valence-corrected chi connectivity index (χ2v) is 4.02. The van der Waals surface area contributed by atoms with Gasteiger partial charge in [0.2, 0.25) is 6.21 Å². The number of hydrogen-bond acceptors (Lipinski definition) is 3. The normalized spacial score (nSPS) is 11.0. The number of nitrogens with one attached hydrogen (secondary N) is 2. The summed E-state index contributed by atoms with van der Waals surface area (Å²) in [6.07, 6.45) is 1.23. The van der Waals surface area contributed by atoms with E-state index in [1.807, 2.05) is 13.0 Å². The Hall–Kier alpha value is -2.83. The molecule has 1 aromatic heterocycles. The van der Waals surface area contributed by atoms with E-state index < -0.39 is 5.56 Å². The van der Waals surface area contributed by atoms with E-state index >= 15 is 0 Å². The number of aryl methyl sites for hydroxylation is 1. The molecule has 0 aliphatic heterocycles. The highest BCUT2D eigenvalue weighted by Gasteiger charge is 2.13. The van der Waals surface area contributed by atoms with E-state index in [9.17, 15) is 9.90 Å². The molecular weight excluding hydrogens is 246 g/mol. The minimum absolute atomic E-state index is 0.0584. The molecule has 7 heteroatoms. The number of guanidine groups is 1. The van der Waals surface area contributed by atoms with Crippen LogP contribution in [0.4, 0.5) is 0 Å². The van der Waals surface area contributed by atoms with Gasteiger partial charge in [-0.1, -0.05) is 12.1 Å². The Labute approximate surface area is 108 Å². The third-order valence-corrected chi connectivity index (χ3v) is 2.67. The molecule has 0 spiro atoms. The Bertz CT molecular complexity index is 742. The Morgan fingerprint density at radius 1 is 1.47 bits per heavy atom. The summed E-state index contributed by atoms with van der Waals surface area (Å²) in [5, 5.41) is 16.6. The van der Waals surface area contributed by atoms with Crippen molar-refractivity contribution in [3.63, 3.8) is 0 Å². The summed E-state index contributed by atoms with van der Waals surface area (Å²) >= 11 is 0. The molecule has 0 unspecified atom stereocenters. The molecule has 0 saturated heterocycles. The van der Waals surface area contributed by atoms with E-state index in [0.29, 0.717) is 10.9 Å². The van der Waals surface area contributed by atoms with Gasteiger partial charge in [-0.25, -0.2) is 0 Å². The maximum Gasteiger partial charge on any atom is 0.265 e. The number of para-hydroxylation sites is 1. The van der Waals surface area contributed by atoms with Crippen LogP contribution in [0, 0.1) is 6.92 Å². The van der Waals surface area contributed by atoms with Gasteiger partial charge in [0.25, 0.3) is 11.5 Å². The van der Waals surface area contributed by atoms with Crippen molar-refractivity contribution in [1.29, 1.82) is 0 Å². The minimum Gasteiger partial charge on any atom is -0.506 e. The number of nitrogens with zero attached hydrogens (tertiary/aromatic N) is 1. The highest BCUT2D eigenvalue weighted by Crippen LogP contribution is 2.25. The second-order valence-electron chi connectivity index (χ2n) is 4.02. The Morgan fingerprint density at radius 2 is 2.21 bits per heavy atom. The Kier molecular flexibility index (Phi) is 3.19. The van der Waals surface area contributed by atoms with Crippen LogP contribution in [0.5, 0.6) is 5.75 Å². The number of rotatable bonds is 2. The predicted molar refractivity (Wildman–Crippen MR) is 72.9 cm³/mol. The lowest BCUT2D eigenvalue weighted by atomic mass is 10.1. The van der Waals surface area contributed by atoms with Crippen molar-refractivity contribution < 1.29 is 10.2 Å². The number of fused-ring (bicyclic) bond motifs is 1. The molecule has 0 fully saturated rings. The molecule has 0 radical (unpaired) electrons. The van der Waals surface area contributed by atoms with Gasteiger partial charge in [-0.05, 0) is 18.6 Å².